The Morgan fingerprint density at radius 3 is 1.84 bits per heavy atom. The van der Waals surface area contributed by atoms with Crippen molar-refractivity contribution in [3.05, 3.63) is 188 Å². The molecule has 0 N–H and O–H groups in total. The fourth-order valence-electron chi connectivity index (χ4n) is 7.62. The van der Waals surface area contributed by atoms with E-state index >= 15 is 0 Å². The molecule has 0 aliphatic carbocycles. The summed E-state index contributed by atoms with van der Waals surface area (Å²) >= 11 is 0. The molecule has 0 amide bonds. The highest BCUT2D eigenvalue weighted by atomic mass is 16.3. The summed E-state index contributed by atoms with van der Waals surface area (Å²) in [7, 11) is 0. The molecule has 1 aromatic heterocycles. The molecule has 2 nitrogen and oxygen atoms in total. The van der Waals surface area contributed by atoms with Gasteiger partial charge in [0.1, 0.15) is 5.58 Å². The summed E-state index contributed by atoms with van der Waals surface area (Å²) in [5.41, 5.74) is 9.72. The van der Waals surface area contributed by atoms with E-state index in [1.807, 2.05) is 12.1 Å². The van der Waals surface area contributed by atoms with Crippen molar-refractivity contribution < 1.29 is 4.42 Å². The molecule has 0 saturated carbocycles. The van der Waals surface area contributed by atoms with E-state index in [1.165, 1.54) is 54.6 Å². The molecular weight excluding hydrogens is 607 g/mol. The summed E-state index contributed by atoms with van der Waals surface area (Å²) in [4.78, 5) is 2.33. The third-order valence-corrected chi connectivity index (χ3v) is 10.0. The minimum absolute atomic E-state index is 0.874. The lowest BCUT2D eigenvalue weighted by atomic mass is 9.95. The van der Waals surface area contributed by atoms with E-state index in [9.17, 15) is 0 Å². The molecule has 1 heterocycles. The van der Waals surface area contributed by atoms with E-state index in [1.54, 1.807) is 0 Å². The molecule has 10 aromatic rings. The second-order valence-corrected chi connectivity index (χ2v) is 12.9. The zero-order chi connectivity index (χ0) is 33.0. The highest BCUT2D eigenvalue weighted by Gasteiger charge is 2.20. The van der Waals surface area contributed by atoms with Gasteiger partial charge in [-0.2, -0.15) is 0 Å². The number of rotatable bonds is 5. The molecule has 0 atom stereocenters. The van der Waals surface area contributed by atoms with Gasteiger partial charge in [-0.1, -0.05) is 146 Å². The van der Waals surface area contributed by atoms with Crippen LogP contribution in [0.5, 0.6) is 0 Å². The van der Waals surface area contributed by atoms with Crippen LogP contribution in [0.25, 0.3) is 76.5 Å². The van der Waals surface area contributed by atoms with Gasteiger partial charge in [-0.05, 0) is 97.0 Å². The van der Waals surface area contributed by atoms with Crippen LogP contribution in [0.4, 0.5) is 17.1 Å². The second kappa shape index (κ2) is 11.5. The minimum Gasteiger partial charge on any atom is -0.454 e. The maximum Gasteiger partial charge on any atom is 0.159 e. The third-order valence-electron chi connectivity index (χ3n) is 10.0. The molecule has 0 fully saturated rings. The van der Waals surface area contributed by atoms with Gasteiger partial charge in [-0.3, -0.25) is 0 Å². The predicted molar refractivity (Wildman–Crippen MR) is 212 cm³/mol. The predicted octanol–water partition coefficient (Wildman–Crippen LogP) is 13.8. The van der Waals surface area contributed by atoms with E-state index < -0.39 is 0 Å². The molecule has 0 radical (unpaired) electrons. The maximum absolute atomic E-state index is 6.59. The number of furan rings is 1. The molecular formula is C48H31NO. The quantitative estimate of drug-likeness (QED) is 0.175. The van der Waals surface area contributed by atoms with E-state index in [-0.39, 0.29) is 0 Å². The van der Waals surface area contributed by atoms with E-state index in [2.05, 4.69) is 181 Å². The highest BCUT2D eigenvalue weighted by molar-refractivity contribution is 6.12. The first-order chi connectivity index (χ1) is 24.8. The normalized spacial score (nSPS) is 11.6. The highest BCUT2D eigenvalue weighted by Crippen LogP contribution is 2.43. The third kappa shape index (κ3) is 4.65. The Labute approximate surface area is 290 Å². The lowest BCUT2D eigenvalue weighted by Gasteiger charge is -2.26. The standard InChI is InChI=1S/C48H31NO/c1-3-15-40-33(10-1)12-8-18-42(40)36-14-7-13-35(30-36)32-24-26-38(27-25-32)49(46-20-9-19-45-44-17-5-6-21-47(44)50-48(45)46)39-28-29-43-37(31-39)23-22-34-11-2-4-16-41(34)43/h1-31H. The molecule has 50 heavy (non-hydrogen) atoms. The average molecular weight is 638 g/mol. The van der Waals surface area contributed by atoms with Crippen LogP contribution in [0.3, 0.4) is 0 Å². The summed E-state index contributed by atoms with van der Waals surface area (Å²) in [5.74, 6) is 0. The van der Waals surface area contributed by atoms with Crippen LogP contribution in [0.2, 0.25) is 0 Å². The average Bonchev–Trinajstić information content (AvgIpc) is 3.57. The lowest BCUT2D eigenvalue weighted by Crippen LogP contribution is -2.10. The van der Waals surface area contributed by atoms with Gasteiger partial charge < -0.3 is 9.32 Å². The molecule has 2 heteroatoms. The van der Waals surface area contributed by atoms with Crippen molar-refractivity contribution in [1.82, 2.24) is 0 Å². The van der Waals surface area contributed by atoms with Crippen molar-refractivity contribution in [1.29, 1.82) is 0 Å². The van der Waals surface area contributed by atoms with Gasteiger partial charge in [0.15, 0.2) is 5.58 Å². The molecule has 0 aliphatic heterocycles. The van der Waals surface area contributed by atoms with E-state index in [0.29, 0.717) is 0 Å². The summed E-state index contributed by atoms with van der Waals surface area (Å²) in [6.45, 7) is 0. The summed E-state index contributed by atoms with van der Waals surface area (Å²) in [5, 5.41) is 9.70. The van der Waals surface area contributed by atoms with Crippen molar-refractivity contribution in [3.8, 4) is 22.3 Å². The summed E-state index contributed by atoms with van der Waals surface area (Å²) < 4.78 is 6.59. The van der Waals surface area contributed by atoms with Crippen molar-refractivity contribution >= 4 is 71.3 Å². The first-order valence-electron chi connectivity index (χ1n) is 17.1. The van der Waals surface area contributed by atoms with E-state index in [0.717, 1.165) is 39.0 Å². The number of anilines is 3. The van der Waals surface area contributed by atoms with Gasteiger partial charge in [-0.25, -0.2) is 0 Å². The molecule has 0 aliphatic rings. The van der Waals surface area contributed by atoms with Crippen LogP contribution >= 0.6 is 0 Å². The molecule has 10 rings (SSSR count). The molecule has 0 saturated heterocycles. The Balaban J connectivity index is 1.11. The number of hydrogen-bond donors (Lipinski definition) is 0. The summed E-state index contributed by atoms with van der Waals surface area (Å²) in [6.07, 6.45) is 0. The number of benzene rings is 9. The molecule has 0 unspecified atom stereocenters. The smallest absolute Gasteiger partial charge is 0.159 e. The van der Waals surface area contributed by atoms with Crippen LogP contribution in [0.1, 0.15) is 0 Å². The van der Waals surface area contributed by atoms with Gasteiger partial charge in [-0.15, -0.1) is 0 Å². The van der Waals surface area contributed by atoms with Crippen LogP contribution < -0.4 is 4.90 Å². The zero-order valence-corrected chi connectivity index (χ0v) is 27.3. The SMILES string of the molecule is c1cc(-c2ccc(N(c3ccc4c(ccc5ccccc54)c3)c3cccc4c3oc3ccccc34)cc2)cc(-c2cccc3ccccc23)c1. The number of nitrogens with zero attached hydrogens (tertiary/aromatic N) is 1. The zero-order valence-electron chi connectivity index (χ0n) is 27.3. The monoisotopic (exact) mass is 637 g/mol. The van der Waals surface area contributed by atoms with Gasteiger partial charge >= 0.3 is 0 Å². The Hall–Kier alpha value is -6.64. The van der Waals surface area contributed by atoms with Gasteiger partial charge in [0.25, 0.3) is 0 Å². The van der Waals surface area contributed by atoms with Crippen molar-refractivity contribution in [2.24, 2.45) is 0 Å². The van der Waals surface area contributed by atoms with Crippen LogP contribution in [-0.4, -0.2) is 0 Å². The largest absolute Gasteiger partial charge is 0.454 e. The van der Waals surface area contributed by atoms with Crippen LogP contribution in [0.15, 0.2) is 192 Å². The minimum atomic E-state index is 0.874. The van der Waals surface area contributed by atoms with Crippen molar-refractivity contribution in [2.75, 3.05) is 4.90 Å². The second-order valence-electron chi connectivity index (χ2n) is 12.9. The van der Waals surface area contributed by atoms with Crippen molar-refractivity contribution in [2.45, 2.75) is 0 Å². The first-order valence-corrected chi connectivity index (χ1v) is 17.1. The number of fused-ring (bicyclic) bond motifs is 7. The first kappa shape index (κ1) is 28.4. The van der Waals surface area contributed by atoms with Gasteiger partial charge in [0.2, 0.25) is 0 Å². The molecule has 9 aromatic carbocycles. The Bertz CT molecular complexity index is 2870. The van der Waals surface area contributed by atoms with Gasteiger partial charge in [0, 0.05) is 22.1 Å². The molecule has 0 bridgehead atoms. The Morgan fingerprint density at radius 1 is 0.340 bits per heavy atom. The number of para-hydroxylation sites is 2. The fourth-order valence-corrected chi connectivity index (χ4v) is 7.62. The maximum atomic E-state index is 6.59. The van der Waals surface area contributed by atoms with Crippen molar-refractivity contribution in [3.63, 3.8) is 0 Å². The van der Waals surface area contributed by atoms with E-state index in [4.69, 9.17) is 4.42 Å². The van der Waals surface area contributed by atoms with Crippen LogP contribution in [0, 0.1) is 0 Å². The Kier molecular flexibility index (Phi) is 6.53. The van der Waals surface area contributed by atoms with Crippen LogP contribution in [-0.2, 0) is 0 Å². The van der Waals surface area contributed by atoms with Gasteiger partial charge in [0.05, 0.1) is 5.69 Å². The lowest BCUT2D eigenvalue weighted by molar-refractivity contribution is 0.669. The topological polar surface area (TPSA) is 16.4 Å². The molecule has 234 valence electrons. The summed E-state index contributed by atoms with van der Waals surface area (Å²) in [6, 6.07) is 67.5. The Morgan fingerprint density at radius 2 is 0.960 bits per heavy atom. The fraction of sp³-hybridized carbons (Fsp3) is 0. The molecule has 0 spiro atoms. The number of hydrogen-bond acceptors (Lipinski definition) is 2.